The summed E-state index contributed by atoms with van der Waals surface area (Å²) < 4.78 is 37.7. The Morgan fingerprint density at radius 2 is 1.41 bits per heavy atom. The van der Waals surface area contributed by atoms with Gasteiger partial charge in [0.25, 0.3) is 0 Å². The standard InChI is InChI=1S/C17H15F3N2/c1-11-10-21-16(22-11)14-4-2-12(3-5-14)13-6-8-15(9-7-13)17(18,19)20/h2-9,11H,10H2,1H3,(H,21,22). The Morgan fingerprint density at radius 3 is 1.86 bits per heavy atom. The number of halogens is 3. The first-order valence-corrected chi connectivity index (χ1v) is 7.02. The number of benzene rings is 2. The van der Waals surface area contributed by atoms with Crippen molar-refractivity contribution in [2.24, 2.45) is 4.99 Å². The molecule has 0 fully saturated rings. The molecule has 1 atom stereocenters. The van der Waals surface area contributed by atoms with Gasteiger partial charge in [-0.2, -0.15) is 13.2 Å². The zero-order valence-electron chi connectivity index (χ0n) is 12.0. The van der Waals surface area contributed by atoms with Gasteiger partial charge in [-0.15, -0.1) is 0 Å². The second-order valence-corrected chi connectivity index (χ2v) is 5.39. The number of nitrogens with zero attached hydrogens (tertiary/aromatic N) is 1. The highest BCUT2D eigenvalue weighted by molar-refractivity contribution is 6.00. The van der Waals surface area contributed by atoms with E-state index in [2.05, 4.69) is 17.2 Å². The van der Waals surface area contributed by atoms with E-state index in [-0.39, 0.29) is 0 Å². The topological polar surface area (TPSA) is 24.4 Å². The first kappa shape index (κ1) is 14.6. The molecule has 22 heavy (non-hydrogen) atoms. The summed E-state index contributed by atoms with van der Waals surface area (Å²) in [5.74, 6) is 0.867. The normalized spacial score (nSPS) is 18.0. The van der Waals surface area contributed by atoms with Gasteiger partial charge in [0, 0.05) is 11.6 Å². The summed E-state index contributed by atoms with van der Waals surface area (Å²) in [7, 11) is 0. The van der Waals surface area contributed by atoms with Crippen LogP contribution in [0.15, 0.2) is 53.5 Å². The van der Waals surface area contributed by atoms with E-state index in [0.717, 1.165) is 41.2 Å². The second-order valence-electron chi connectivity index (χ2n) is 5.39. The van der Waals surface area contributed by atoms with Gasteiger partial charge in [-0.25, -0.2) is 0 Å². The number of aliphatic imine (C=N–C) groups is 1. The molecule has 1 aliphatic heterocycles. The summed E-state index contributed by atoms with van der Waals surface area (Å²) in [6.45, 7) is 2.82. The van der Waals surface area contributed by atoms with Crippen LogP contribution in [0.3, 0.4) is 0 Å². The van der Waals surface area contributed by atoms with Gasteiger partial charge >= 0.3 is 6.18 Å². The van der Waals surface area contributed by atoms with E-state index in [1.807, 2.05) is 24.3 Å². The quantitative estimate of drug-likeness (QED) is 0.887. The summed E-state index contributed by atoms with van der Waals surface area (Å²) >= 11 is 0. The molecule has 3 rings (SSSR count). The minimum absolute atomic E-state index is 0.338. The van der Waals surface area contributed by atoms with Crippen molar-refractivity contribution in [3.63, 3.8) is 0 Å². The van der Waals surface area contributed by atoms with Crippen molar-refractivity contribution in [2.75, 3.05) is 6.54 Å². The monoisotopic (exact) mass is 304 g/mol. The minimum atomic E-state index is -4.30. The predicted octanol–water partition coefficient (Wildman–Crippen LogP) is 4.11. The van der Waals surface area contributed by atoms with Crippen LogP contribution in [0.2, 0.25) is 0 Å². The van der Waals surface area contributed by atoms with Crippen LogP contribution >= 0.6 is 0 Å². The molecule has 1 aliphatic rings. The minimum Gasteiger partial charge on any atom is -0.366 e. The number of hydrogen-bond donors (Lipinski definition) is 1. The molecule has 0 saturated carbocycles. The molecule has 0 aliphatic carbocycles. The van der Waals surface area contributed by atoms with Crippen LogP contribution in [0.4, 0.5) is 13.2 Å². The molecule has 1 unspecified atom stereocenters. The highest BCUT2D eigenvalue weighted by Gasteiger charge is 2.29. The van der Waals surface area contributed by atoms with E-state index in [1.54, 1.807) is 0 Å². The largest absolute Gasteiger partial charge is 0.416 e. The molecule has 2 aromatic rings. The second kappa shape index (κ2) is 5.48. The molecular weight excluding hydrogens is 289 g/mol. The van der Waals surface area contributed by atoms with E-state index in [1.165, 1.54) is 12.1 Å². The molecule has 1 N–H and O–H groups in total. The van der Waals surface area contributed by atoms with Gasteiger partial charge in [-0.1, -0.05) is 36.4 Å². The van der Waals surface area contributed by atoms with Gasteiger partial charge in [0.15, 0.2) is 0 Å². The van der Waals surface area contributed by atoms with Crippen molar-refractivity contribution in [3.8, 4) is 11.1 Å². The maximum Gasteiger partial charge on any atom is 0.416 e. The molecule has 5 heteroatoms. The third-order valence-corrected chi connectivity index (χ3v) is 3.61. The summed E-state index contributed by atoms with van der Waals surface area (Å²) in [5.41, 5.74) is 1.99. The highest BCUT2D eigenvalue weighted by Crippen LogP contribution is 2.31. The van der Waals surface area contributed by atoms with Crippen LogP contribution < -0.4 is 5.32 Å². The van der Waals surface area contributed by atoms with E-state index in [9.17, 15) is 13.2 Å². The molecule has 0 amide bonds. The van der Waals surface area contributed by atoms with Crippen molar-refractivity contribution in [3.05, 3.63) is 59.7 Å². The van der Waals surface area contributed by atoms with Crippen molar-refractivity contribution in [1.82, 2.24) is 5.32 Å². The number of alkyl halides is 3. The summed E-state index contributed by atoms with van der Waals surface area (Å²) in [6.07, 6.45) is -4.30. The zero-order valence-corrected chi connectivity index (χ0v) is 12.0. The van der Waals surface area contributed by atoms with Crippen molar-refractivity contribution in [2.45, 2.75) is 19.1 Å². The molecule has 0 spiro atoms. The van der Waals surface area contributed by atoms with Crippen molar-refractivity contribution >= 4 is 5.84 Å². The van der Waals surface area contributed by atoms with Crippen LogP contribution in [0, 0.1) is 0 Å². The fourth-order valence-corrected chi connectivity index (χ4v) is 2.40. The SMILES string of the molecule is CC1CN=C(c2ccc(-c3ccc(C(F)(F)F)cc3)cc2)N1. The summed E-state index contributed by atoms with van der Waals surface area (Å²) in [5, 5.41) is 3.28. The molecule has 0 bridgehead atoms. The Hall–Kier alpha value is -2.30. The Bertz CT molecular complexity index is 685. The number of amidine groups is 1. The molecule has 1 heterocycles. The number of nitrogens with one attached hydrogen (secondary N) is 1. The van der Waals surface area contributed by atoms with Crippen LogP contribution in [-0.4, -0.2) is 18.4 Å². The van der Waals surface area contributed by atoms with Crippen LogP contribution in [-0.2, 0) is 6.18 Å². The lowest BCUT2D eigenvalue weighted by molar-refractivity contribution is -0.137. The first-order valence-electron chi connectivity index (χ1n) is 7.02. The van der Waals surface area contributed by atoms with Gasteiger partial charge in [0.2, 0.25) is 0 Å². The van der Waals surface area contributed by atoms with E-state index < -0.39 is 11.7 Å². The Kier molecular flexibility index (Phi) is 3.64. The maximum absolute atomic E-state index is 12.6. The average molecular weight is 304 g/mol. The highest BCUT2D eigenvalue weighted by atomic mass is 19.4. The number of rotatable bonds is 2. The number of hydrogen-bond acceptors (Lipinski definition) is 2. The van der Waals surface area contributed by atoms with Crippen molar-refractivity contribution < 1.29 is 13.2 Å². The van der Waals surface area contributed by atoms with Crippen LogP contribution in [0.25, 0.3) is 11.1 Å². The third-order valence-electron chi connectivity index (χ3n) is 3.61. The third kappa shape index (κ3) is 2.98. The van der Waals surface area contributed by atoms with E-state index in [0.29, 0.717) is 6.04 Å². The molecule has 0 aromatic heterocycles. The van der Waals surface area contributed by atoms with Crippen molar-refractivity contribution in [1.29, 1.82) is 0 Å². The summed E-state index contributed by atoms with van der Waals surface area (Å²) in [4.78, 5) is 4.41. The predicted molar refractivity (Wildman–Crippen MR) is 80.9 cm³/mol. The Balaban J connectivity index is 1.81. The van der Waals surface area contributed by atoms with Crippen LogP contribution in [0.5, 0.6) is 0 Å². The fraction of sp³-hybridized carbons (Fsp3) is 0.235. The smallest absolute Gasteiger partial charge is 0.366 e. The Labute approximate surface area is 126 Å². The lowest BCUT2D eigenvalue weighted by Gasteiger charge is -2.09. The maximum atomic E-state index is 12.6. The van der Waals surface area contributed by atoms with Gasteiger partial charge in [-0.3, -0.25) is 4.99 Å². The van der Waals surface area contributed by atoms with E-state index in [4.69, 9.17) is 0 Å². The lowest BCUT2D eigenvalue weighted by atomic mass is 10.0. The first-order chi connectivity index (χ1) is 10.4. The molecule has 0 saturated heterocycles. The zero-order chi connectivity index (χ0) is 15.7. The molecule has 0 radical (unpaired) electrons. The summed E-state index contributed by atoms with van der Waals surface area (Å²) in [6, 6.07) is 13.2. The van der Waals surface area contributed by atoms with Gasteiger partial charge < -0.3 is 5.32 Å². The average Bonchev–Trinajstić information content (AvgIpc) is 2.93. The van der Waals surface area contributed by atoms with Gasteiger partial charge in [0.05, 0.1) is 12.1 Å². The molecule has 2 nitrogen and oxygen atoms in total. The van der Waals surface area contributed by atoms with Gasteiger partial charge in [0.1, 0.15) is 5.84 Å². The van der Waals surface area contributed by atoms with Gasteiger partial charge in [-0.05, 0) is 30.2 Å². The Morgan fingerprint density at radius 1 is 0.909 bits per heavy atom. The molecule has 2 aromatic carbocycles. The van der Waals surface area contributed by atoms with E-state index >= 15 is 0 Å². The lowest BCUT2D eigenvalue weighted by Crippen LogP contribution is -2.27. The molecule has 114 valence electrons. The fourth-order valence-electron chi connectivity index (χ4n) is 2.40. The molecular formula is C17H15F3N2. The van der Waals surface area contributed by atoms with Crippen LogP contribution in [0.1, 0.15) is 18.1 Å².